The Hall–Kier alpha value is -1.98. The van der Waals surface area contributed by atoms with Crippen LogP contribution in [0.3, 0.4) is 0 Å². The van der Waals surface area contributed by atoms with E-state index in [-0.39, 0.29) is 16.9 Å². The third kappa shape index (κ3) is 2.58. The Morgan fingerprint density at radius 2 is 1.91 bits per heavy atom. The lowest BCUT2D eigenvalue weighted by Gasteiger charge is -2.20. The van der Waals surface area contributed by atoms with E-state index in [0.29, 0.717) is 5.88 Å². The summed E-state index contributed by atoms with van der Waals surface area (Å²) in [6.07, 6.45) is -3.10. The van der Waals surface area contributed by atoms with Crippen LogP contribution in [0.15, 0.2) is 30.1 Å². The van der Waals surface area contributed by atoms with Gasteiger partial charge in [-0.2, -0.15) is 13.2 Å². The van der Waals surface area contributed by atoms with Crippen molar-refractivity contribution in [2.24, 2.45) is 0 Å². The maximum absolute atomic E-state index is 12.9. The molecule has 0 saturated carbocycles. The highest BCUT2D eigenvalue weighted by Crippen LogP contribution is 2.36. The fraction of sp³-hybridized carbons (Fsp3) is 0.438. The summed E-state index contributed by atoms with van der Waals surface area (Å²) in [6, 6.07) is 4.87. The van der Waals surface area contributed by atoms with Gasteiger partial charge in [0.25, 0.3) is 0 Å². The van der Waals surface area contributed by atoms with Crippen LogP contribution in [0, 0.1) is 0 Å². The minimum Gasteiger partial charge on any atom is -0.467 e. The normalized spacial score (nSPS) is 22.5. The molecule has 118 valence electrons. The number of ketones is 1. The van der Waals surface area contributed by atoms with E-state index in [4.69, 9.17) is 4.74 Å². The van der Waals surface area contributed by atoms with Crippen molar-refractivity contribution in [1.82, 2.24) is 4.90 Å². The van der Waals surface area contributed by atoms with Crippen molar-refractivity contribution in [2.75, 3.05) is 13.1 Å². The van der Waals surface area contributed by atoms with Crippen molar-refractivity contribution in [3.63, 3.8) is 0 Å². The van der Waals surface area contributed by atoms with Gasteiger partial charge in [-0.05, 0) is 37.5 Å². The van der Waals surface area contributed by atoms with Gasteiger partial charge in [-0.15, -0.1) is 0 Å². The second-order valence-electron chi connectivity index (χ2n) is 5.58. The average molecular weight is 311 g/mol. The maximum Gasteiger partial charge on any atom is 0.416 e. The molecule has 2 aliphatic rings. The van der Waals surface area contributed by atoms with Crippen molar-refractivity contribution in [1.29, 1.82) is 0 Å². The first-order valence-corrected chi connectivity index (χ1v) is 7.25. The maximum atomic E-state index is 12.9. The second-order valence-corrected chi connectivity index (χ2v) is 5.58. The van der Waals surface area contributed by atoms with Crippen molar-refractivity contribution in [2.45, 2.75) is 32.0 Å². The minimum absolute atomic E-state index is 0.263. The molecule has 22 heavy (non-hydrogen) atoms. The summed E-state index contributed by atoms with van der Waals surface area (Å²) in [7, 11) is 0. The van der Waals surface area contributed by atoms with E-state index in [2.05, 4.69) is 0 Å². The predicted molar refractivity (Wildman–Crippen MR) is 74.7 cm³/mol. The molecule has 3 nitrogen and oxygen atoms in total. The number of Topliss-reactive ketones (excluding diaryl/α,β-unsaturated/α-hetero) is 1. The quantitative estimate of drug-likeness (QED) is 0.838. The molecule has 1 aromatic rings. The number of likely N-dealkylation sites (tertiary alicyclic amines) is 1. The largest absolute Gasteiger partial charge is 0.467 e. The number of alkyl halides is 3. The Morgan fingerprint density at radius 1 is 1.23 bits per heavy atom. The first kappa shape index (κ1) is 14.9. The number of nitrogens with zero attached hydrogens (tertiary/aromatic N) is 1. The average Bonchev–Trinajstić information content (AvgIpc) is 3.08. The number of rotatable bonds is 2. The highest BCUT2D eigenvalue weighted by molar-refractivity contribution is 6.24. The van der Waals surface area contributed by atoms with Gasteiger partial charge in [0.15, 0.2) is 6.10 Å². The van der Waals surface area contributed by atoms with Crippen molar-refractivity contribution in [3.05, 3.63) is 41.3 Å². The molecule has 1 unspecified atom stereocenters. The smallest absolute Gasteiger partial charge is 0.416 e. The van der Waals surface area contributed by atoms with Crippen molar-refractivity contribution >= 4 is 11.4 Å². The first-order chi connectivity index (χ1) is 10.4. The molecular formula is C16H16F3NO2. The van der Waals surface area contributed by atoms with E-state index in [1.165, 1.54) is 12.1 Å². The number of halogens is 3. The lowest BCUT2D eigenvalue weighted by molar-refractivity contribution is -0.137. The standard InChI is InChI=1S/C16H16F3NO2/c1-10-14(21)13(15(22-10)20-7-2-3-8-20)11-5-4-6-12(9-11)16(17,18)19/h4-6,9-10H,2-3,7-8H2,1H3. The van der Waals surface area contributed by atoms with E-state index >= 15 is 0 Å². The Morgan fingerprint density at radius 3 is 2.55 bits per heavy atom. The van der Waals surface area contributed by atoms with Crippen LogP contribution in [0.2, 0.25) is 0 Å². The van der Waals surface area contributed by atoms with Crippen LogP contribution in [0.25, 0.3) is 5.57 Å². The topological polar surface area (TPSA) is 29.5 Å². The summed E-state index contributed by atoms with van der Waals surface area (Å²) in [5, 5.41) is 0. The van der Waals surface area contributed by atoms with Gasteiger partial charge < -0.3 is 9.64 Å². The Bertz CT molecular complexity index is 631. The molecule has 0 amide bonds. The molecule has 1 saturated heterocycles. The third-order valence-electron chi connectivity index (χ3n) is 3.99. The Kier molecular flexibility index (Phi) is 3.62. The van der Waals surface area contributed by atoms with Gasteiger partial charge in [0.05, 0.1) is 11.1 Å². The molecule has 2 heterocycles. The molecule has 0 spiro atoms. The van der Waals surface area contributed by atoms with Gasteiger partial charge in [0.2, 0.25) is 11.7 Å². The summed E-state index contributed by atoms with van der Waals surface area (Å²) in [6.45, 7) is 3.15. The number of carbonyl (C=O) groups is 1. The summed E-state index contributed by atoms with van der Waals surface area (Å²) < 4.78 is 44.3. The van der Waals surface area contributed by atoms with Gasteiger partial charge in [-0.25, -0.2) is 0 Å². The van der Waals surface area contributed by atoms with E-state index in [1.807, 2.05) is 4.90 Å². The molecule has 1 fully saturated rings. The monoisotopic (exact) mass is 311 g/mol. The van der Waals surface area contributed by atoms with Crippen LogP contribution in [0.1, 0.15) is 30.9 Å². The van der Waals surface area contributed by atoms with Crippen LogP contribution in [0.4, 0.5) is 13.2 Å². The molecule has 1 atom stereocenters. The SMILES string of the molecule is CC1OC(N2CCCC2)=C(c2cccc(C(F)(F)F)c2)C1=O. The second kappa shape index (κ2) is 5.34. The minimum atomic E-state index is -4.43. The molecular weight excluding hydrogens is 295 g/mol. The van der Waals surface area contributed by atoms with Gasteiger partial charge >= 0.3 is 6.18 Å². The molecule has 2 aliphatic heterocycles. The number of hydrogen-bond acceptors (Lipinski definition) is 3. The molecule has 0 radical (unpaired) electrons. The fourth-order valence-electron chi connectivity index (χ4n) is 2.86. The predicted octanol–water partition coefficient (Wildman–Crippen LogP) is 3.46. The zero-order valence-corrected chi connectivity index (χ0v) is 12.1. The van der Waals surface area contributed by atoms with Crippen molar-refractivity contribution in [3.8, 4) is 0 Å². The Labute approximate surface area is 126 Å². The van der Waals surface area contributed by atoms with Crippen LogP contribution in [0.5, 0.6) is 0 Å². The zero-order valence-electron chi connectivity index (χ0n) is 12.1. The van der Waals surface area contributed by atoms with Crippen LogP contribution in [-0.4, -0.2) is 29.9 Å². The summed E-state index contributed by atoms with van der Waals surface area (Å²) in [5.41, 5.74) is -0.225. The lowest BCUT2D eigenvalue weighted by Crippen LogP contribution is -2.20. The summed E-state index contributed by atoms with van der Waals surface area (Å²) in [5.74, 6) is 0.163. The van der Waals surface area contributed by atoms with Gasteiger partial charge in [-0.3, -0.25) is 4.79 Å². The molecule has 1 aromatic carbocycles. The molecule has 0 N–H and O–H groups in total. The van der Waals surface area contributed by atoms with E-state index in [0.717, 1.165) is 38.1 Å². The van der Waals surface area contributed by atoms with E-state index < -0.39 is 17.8 Å². The van der Waals surface area contributed by atoms with Gasteiger partial charge in [0.1, 0.15) is 0 Å². The van der Waals surface area contributed by atoms with Crippen LogP contribution in [-0.2, 0) is 15.7 Å². The zero-order chi connectivity index (χ0) is 15.9. The Balaban J connectivity index is 2.06. The van der Waals surface area contributed by atoms with Gasteiger partial charge in [0, 0.05) is 13.1 Å². The number of ether oxygens (including phenoxy) is 1. The summed E-state index contributed by atoms with van der Waals surface area (Å²) >= 11 is 0. The third-order valence-corrected chi connectivity index (χ3v) is 3.99. The molecule has 0 aromatic heterocycles. The lowest BCUT2D eigenvalue weighted by atomic mass is 9.99. The molecule has 0 aliphatic carbocycles. The van der Waals surface area contributed by atoms with Crippen LogP contribution >= 0.6 is 0 Å². The van der Waals surface area contributed by atoms with Gasteiger partial charge in [-0.1, -0.05) is 12.1 Å². The van der Waals surface area contributed by atoms with Crippen LogP contribution < -0.4 is 0 Å². The van der Waals surface area contributed by atoms with Crippen molar-refractivity contribution < 1.29 is 22.7 Å². The molecule has 6 heteroatoms. The highest BCUT2D eigenvalue weighted by atomic mass is 19.4. The summed E-state index contributed by atoms with van der Waals surface area (Å²) in [4.78, 5) is 14.3. The fourth-order valence-corrected chi connectivity index (χ4v) is 2.86. The first-order valence-electron chi connectivity index (χ1n) is 7.25. The number of hydrogen-bond donors (Lipinski definition) is 0. The number of benzene rings is 1. The van der Waals surface area contributed by atoms with E-state index in [1.54, 1.807) is 6.92 Å². The molecule has 3 rings (SSSR count). The highest BCUT2D eigenvalue weighted by Gasteiger charge is 2.38. The van der Waals surface area contributed by atoms with E-state index in [9.17, 15) is 18.0 Å². The number of carbonyl (C=O) groups excluding carboxylic acids is 1. The molecule has 0 bridgehead atoms.